The Balaban J connectivity index is 0.000000548. The quantitative estimate of drug-likeness (QED) is 0.262. The van der Waals surface area contributed by atoms with Crippen molar-refractivity contribution in [1.29, 1.82) is 0 Å². The fraction of sp³-hybridized carbons (Fsp3) is 0.500. The second-order valence-corrected chi connectivity index (χ2v) is 12.0. The molecule has 1 amide bonds. The summed E-state index contributed by atoms with van der Waals surface area (Å²) < 4.78 is 64.5. The van der Waals surface area contributed by atoms with Crippen LogP contribution >= 0.6 is 0 Å². The Morgan fingerprint density at radius 3 is 1.63 bits per heavy atom. The number of phenolic OH excluding ortho intramolecular Hbond substituents is 1. The highest BCUT2D eigenvalue weighted by Gasteiger charge is 2.32. The number of nitrogens with one attached hydrogen (secondary N) is 1. The van der Waals surface area contributed by atoms with E-state index in [0.717, 1.165) is 5.69 Å². The Bertz CT molecular complexity index is 1420. The van der Waals surface area contributed by atoms with Crippen molar-refractivity contribution in [3.63, 3.8) is 0 Å². The minimum atomic E-state index is -5.08. The molecule has 1 aliphatic rings. The maximum absolute atomic E-state index is 12.4. The third-order valence-electron chi connectivity index (χ3n) is 6.80. The van der Waals surface area contributed by atoms with Crippen LogP contribution in [-0.4, -0.2) is 98.8 Å². The summed E-state index contributed by atoms with van der Waals surface area (Å²) in [4.78, 5) is 15.0. The number of hydrazone groups is 1. The molecule has 4 N–H and O–H groups in total. The van der Waals surface area contributed by atoms with Gasteiger partial charge in [0.1, 0.15) is 10.6 Å². The summed E-state index contributed by atoms with van der Waals surface area (Å²) in [7, 11) is -8.28. The molecular formula is C28H45N5O8S2. The number of rotatable bonds is 11. The summed E-state index contributed by atoms with van der Waals surface area (Å²) in [6.07, 6.45) is -0.213. The van der Waals surface area contributed by atoms with Crippen molar-refractivity contribution in [1.82, 2.24) is 9.80 Å². The smallest absolute Gasteiger partial charge is 0.298 e. The second-order valence-electron chi connectivity index (χ2n) is 9.23. The molecule has 0 fully saturated rings. The fourth-order valence-electron chi connectivity index (χ4n) is 4.02. The van der Waals surface area contributed by atoms with Gasteiger partial charge in [0.2, 0.25) is 0 Å². The van der Waals surface area contributed by atoms with Crippen LogP contribution in [0.25, 0.3) is 0 Å². The van der Waals surface area contributed by atoms with Crippen LogP contribution < -0.4 is 10.3 Å². The normalized spacial score (nSPS) is 13.3. The second kappa shape index (κ2) is 17.3. The number of carbonyl (C=O) groups is 1. The standard InChI is InChI=1S/C16H15N3O8S2.2C6H15N/c1-17-10-4-2-9(3-5-10)12-8-15(20)19(18-12)13-6-11(28(22,23)24)7-14(16(13)21)29(25,26)27;2*1-4-7(5-2)6-3/h2-7,17,21H,8H2,1H3,(H,22,23,24)(H,25,26,27);2*4-6H2,1-3H3. The van der Waals surface area contributed by atoms with Crippen LogP contribution in [0.5, 0.6) is 5.75 Å². The number of hydrogen-bond acceptors (Lipinski definition) is 10. The van der Waals surface area contributed by atoms with Gasteiger partial charge < -0.3 is 20.2 Å². The third kappa shape index (κ3) is 11.2. The first-order chi connectivity index (χ1) is 20.1. The zero-order chi connectivity index (χ0) is 33.0. The average molecular weight is 644 g/mol. The van der Waals surface area contributed by atoms with Gasteiger partial charge in [0.15, 0.2) is 5.75 Å². The topological polar surface area (TPSA) is 180 Å². The molecule has 0 saturated carbocycles. The lowest BCUT2D eigenvalue weighted by Crippen LogP contribution is -2.21. The molecule has 1 heterocycles. The zero-order valence-corrected chi connectivity index (χ0v) is 27.5. The largest absolute Gasteiger partial charge is 0.504 e. The predicted octanol–water partition coefficient (Wildman–Crippen LogP) is 3.76. The molecule has 0 spiro atoms. The molecule has 0 bridgehead atoms. The number of anilines is 2. The summed E-state index contributed by atoms with van der Waals surface area (Å²) in [5.41, 5.74) is 1.04. The van der Waals surface area contributed by atoms with E-state index in [1.54, 1.807) is 31.3 Å². The monoisotopic (exact) mass is 643 g/mol. The van der Waals surface area contributed by atoms with Gasteiger partial charge in [-0.3, -0.25) is 13.9 Å². The van der Waals surface area contributed by atoms with Crippen molar-refractivity contribution >= 4 is 43.2 Å². The molecule has 2 aromatic rings. The van der Waals surface area contributed by atoms with Crippen LogP contribution in [0.15, 0.2) is 51.3 Å². The molecule has 1 aliphatic heterocycles. The van der Waals surface area contributed by atoms with E-state index in [4.69, 9.17) is 0 Å². The number of phenols is 1. The highest BCUT2D eigenvalue weighted by atomic mass is 32.2. The van der Waals surface area contributed by atoms with Crippen LogP contribution in [0.1, 0.15) is 53.5 Å². The summed E-state index contributed by atoms with van der Waals surface area (Å²) in [6, 6.07) is 7.87. The molecule has 242 valence electrons. The van der Waals surface area contributed by atoms with E-state index in [-0.39, 0.29) is 12.1 Å². The summed E-state index contributed by atoms with van der Waals surface area (Å²) >= 11 is 0. The Labute approximate surface area is 255 Å². The number of carbonyl (C=O) groups excluding carboxylic acids is 1. The first kappa shape index (κ1) is 37.9. The van der Waals surface area contributed by atoms with Crippen LogP contribution in [0, 0.1) is 0 Å². The number of benzene rings is 2. The minimum Gasteiger partial charge on any atom is -0.504 e. The highest BCUT2D eigenvalue weighted by Crippen LogP contribution is 2.38. The lowest BCUT2D eigenvalue weighted by atomic mass is 10.1. The number of nitrogens with zero attached hydrogens (tertiary/aromatic N) is 4. The van der Waals surface area contributed by atoms with Gasteiger partial charge in [-0.15, -0.1) is 0 Å². The fourth-order valence-corrected chi connectivity index (χ4v) is 5.25. The van der Waals surface area contributed by atoms with Crippen molar-refractivity contribution in [3.8, 4) is 5.75 Å². The minimum absolute atomic E-state index is 0.213. The van der Waals surface area contributed by atoms with Gasteiger partial charge >= 0.3 is 0 Å². The molecule has 3 rings (SSSR count). The van der Waals surface area contributed by atoms with E-state index in [1.165, 1.54) is 39.3 Å². The van der Waals surface area contributed by atoms with Crippen molar-refractivity contribution < 1.29 is 35.8 Å². The van der Waals surface area contributed by atoms with Crippen LogP contribution in [0.3, 0.4) is 0 Å². The van der Waals surface area contributed by atoms with Gasteiger partial charge in [-0.05, 0) is 69.1 Å². The van der Waals surface area contributed by atoms with Crippen LogP contribution in [-0.2, 0) is 25.0 Å². The molecule has 15 heteroatoms. The lowest BCUT2D eigenvalue weighted by Gasteiger charge is -2.16. The first-order valence-electron chi connectivity index (χ1n) is 14.1. The zero-order valence-electron chi connectivity index (χ0n) is 25.9. The van der Waals surface area contributed by atoms with E-state index < -0.39 is 47.4 Å². The van der Waals surface area contributed by atoms with Crippen molar-refractivity contribution in [2.75, 3.05) is 56.6 Å². The molecule has 43 heavy (non-hydrogen) atoms. The van der Waals surface area contributed by atoms with E-state index >= 15 is 0 Å². The molecule has 0 atom stereocenters. The molecule has 13 nitrogen and oxygen atoms in total. The molecule has 2 aromatic carbocycles. The van der Waals surface area contributed by atoms with Gasteiger partial charge in [-0.2, -0.15) is 26.9 Å². The molecule has 0 aromatic heterocycles. The van der Waals surface area contributed by atoms with Gasteiger partial charge in [-0.1, -0.05) is 53.7 Å². The summed E-state index contributed by atoms with van der Waals surface area (Å²) in [5, 5.41) is 17.8. The van der Waals surface area contributed by atoms with Gasteiger partial charge in [-0.25, -0.2) is 0 Å². The maximum Gasteiger partial charge on any atom is 0.298 e. The third-order valence-corrected chi connectivity index (χ3v) is 8.50. The molecule has 0 aliphatic carbocycles. The van der Waals surface area contributed by atoms with Crippen molar-refractivity contribution in [3.05, 3.63) is 42.0 Å². The Kier molecular flexibility index (Phi) is 15.2. The van der Waals surface area contributed by atoms with Crippen molar-refractivity contribution in [2.45, 2.75) is 57.8 Å². The van der Waals surface area contributed by atoms with Gasteiger partial charge in [0.25, 0.3) is 26.1 Å². The Morgan fingerprint density at radius 1 is 0.814 bits per heavy atom. The van der Waals surface area contributed by atoms with Crippen LogP contribution in [0.4, 0.5) is 11.4 Å². The summed E-state index contributed by atoms with van der Waals surface area (Å²) in [6.45, 7) is 20.2. The predicted molar refractivity (Wildman–Crippen MR) is 169 cm³/mol. The van der Waals surface area contributed by atoms with Gasteiger partial charge in [0, 0.05) is 12.7 Å². The first-order valence-corrected chi connectivity index (χ1v) is 16.9. The number of amides is 1. The molecule has 0 unspecified atom stereocenters. The van der Waals surface area contributed by atoms with Gasteiger partial charge in [0.05, 0.1) is 17.0 Å². The maximum atomic E-state index is 12.4. The SMILES string of the molecule is CCN(CC)CC.CCN(CC)CC.CNc1ccc(C2=NN(c3cc(S(=O)(=O)O)cc(S(=O)(=O)O)c3O)C(=O)C2)cc1. The number of hydrogen-bond donors (Lipinski definition) is 4. The van der Waals surface area contributed by atoms with E-state index in [2.05, 4.69) is 61.8 Å². The molecular weight excluding hydrogens is 598 g/mol. The average Bonchev–Trinajstić information content (AvgIpc) is 3.35. The van der Waals surface area contributed by atoms with E-state index in [1.807, 2.05) is 0 Å². The lowest BCUT2D eigenvalue weighted by molar-refractivity contribution is -0.116. The van der Waals surface area contributed by atoms with Crippen LogP contribution in [0.2, 0.25) is 0 Å². The van der Waals surface area contributed by atoms with E-state index in [9.17, 15) is 35.8 Å². The molecule has 0 radical (unpaired) electrons. The van der Waals surface area contributed by atoms with E-state index in [0.29, 0.717) is 22.7 Å². The number of aromatic hydroxyl groups is 1. The summed E-state index contributed by atoms with van der Waals surface area (Å²) in [5.74, 6) is -1.79. The van der Waals surface area contributed by atoms with Crippen molar-refractivity contribution in [2.24, 2.45) is 5.10 Å². The molecule has 0 saturated heterocycles. The highest BCUT2D eigenvalue weighted by molar-refractivity contribution is 7.86. The Hall–Kier alpha value is -3.08. The Morgan fingerprint density at radius 2 is 1.28 bits per heavy atom.